The number of hydrogen-bond donors (Lipinski definition) is 2. The number of aromatic nitrogens is 1. The summed E-state index contributed by atoms with van der Waals surface area (Å²) in [6, 6.07) is 3.38. The van der Waals surface area contributed by atoms with Gasteiger partial charge in [-0.25, -0.2) is 4.98 Å². The Labute approximate surface area is 92.9 Å². The van der Waals surface area contributed by atoms with E-state index in [9.17, 15) is 0 Å². The van der Waals surface area contributed by atoms with Crippen molar-refractivity contribution in [3.63, 3.8) is 0 Å². The summed E-state index contributed by atoms with van der Waals surface area (Å²) in [5, 5.41) is 9.66. The predicted octanol–water partition coefficient (Wildman–Crippen LogP) is 1.64. The first-order valence-electron chi connectivity index (χ1n) is 4.15. The molecule has 0 aliphatic heterocycles. The van der Waals surface area contributed by atoms with E-state index < -0.39 is 5.54 Å². The smallest absolute Gasteiger partial charge is 0.131 e. The zero-order chi connectivity index (χ0) is 10.8. The third kappa shape index (κ3) is 3.42. The molecule has 5 heteroatoms. The molecule has 14 heavy (non-hydrogen) atoms. The second-order valence-corrected chi connectivity index (χ2v) is 4.38. The quantitative estimate of drug-likeness (QED) is 0.783. The molecule has 1 unspecified atom stereocenters. The van der Waals surface area contributed by atoms with Crippen LogP contribution in [0.4, 0.5) is 0 Å². The zero-order valence-corrected chi connectivity index (χ0v) is 9.31. The lowest BCUT2D eigenvalue weighted by Gasteiger charge is -2.21. The van der Waals surface area contributed by atoms with E-state index in [-0.39, 0.29) is 6.61 Å². The largest absolute Gasteiger partial charge is 0.394 e. The third-order valence-corrected chi connectivity index (χ3v) is 2.18. The van der Waals surface area contributed by atoms with Crippen LogP contribution in [0.1, 0.15) is 12.5 Å². The Kier molecular flexibility index (Phi) is 3.72. The Balaban J connectivity index is 2.87. The van der Waals surface area contributed by atoms with Crippen LogP contribution in [0.15, 0.2) is 12.1 Å². The molecule has 0 radical (unpaired) electrons. The summed E-state index contributed by atoms with van der Waals surface area (Å²) in [6.07, 6.45) is 0.505. The van der Waals surface area contributed by atoms with Gasteiger partial charge >= 0.3 is 0 Å². The van der Waals surface area contributed by atoms with E-state index in [1.807, 2.05) is 0 Å². The highest BCUT2D eigenvalue weighted by molar-refractivity contribution is 6.32. The maximum absolute atomic E-state index is 8.99. The molecule has 78 valence electrons. The van der Waals surface area contributed by atoms with E-state index in [4.69, 9.17) is 34.0 Å². The van der Waals surface area contributed by atoms with Crippen LogP contribution in [0.2, 0.25) is 10.3 Å². The number of nitrogens with zero attached hydrogens (tertiary/aromatic N) is 1. The van der Waals surface area contributed by atoms with Crippen molar-refractivity contribution in [2.75, 3.05) is 6.61 Å². The fourth-order valence-electron chi connectivity index (χ4n) is 1.14. The van der Waals surface area contributed by atoms with Crippen molar-refractivity contribution in [2.45, 2.75) is 18.9 Å². The Morgan fingerprint density at radius 3 is 2.36 bits per heavy atom. The van der Waals surface area contributed by atoms with Gasteiger partial charge in [0.1, 0.15) is 10.3 Å². The third-order valence-electron chi connectivity index (χ3n) is 1.79. The standard InChI is InChI=1S/C9H12Cl2N2O/c1-9(12,5-14)4-6-2-7(10)13-8(11)3-6/h2-3,14H,4-5,12H2,1H3. The van der Waals surface area contributed by atoms with Gasteiger partial charge in [0.15, 0.2) is 0 Å². The fourth-order valence-corrected chi connectivity index (χ4v) is 1.64. The van der Waals surface area contributed by atoms with Crippen molar-refractivity contribution >= 4 is 23.2 Å². The van der Waals surface area contributed by atoms with Gasteiger partial charge in [-0.2, -0.15) is 0 Å². The number of aliphatic hydroxyl groups is 1. The van der Waals surface area contributed by atoms with Gasteiger partial charge in [0.05, 0.1) is 6.61 Å². The van der Waals surface area contributed by atoms with Crippen LogP contribution >= 0.6 is 23.2 Å². The van der Waals surface area contributed by atoms with E-state index in [0.717, 1.165) is 5.56 Å². The van der Waals surface area contributed by atoms with Gasteiger partial charge in [0, 0.05) is 5.54 Å². The van der Waals surface area contributed by atoms with E-state index in [0.29, 0.717) is 16.7 Å². The molecule has 1 rings (SSSR count). The highest BCUT2D eigenvalue weighted by atomic mass is 35.5. The summed E-state index contributed by atoms with van der Waals surface area (Å²) < 4.78 is 0. The van der Waals surface area contributed by atoms with Gasteiger partial charge in [-0.05, 0) is 31.0 Å². The molecule has 1 atom stereocenters. The average molecular weight is 235 g/mol. The number of rotatable bonds is 3. The van der Waals surface area contributed by atoms with Gasteiger partial charge < -0.3 is 10.8 Å². The van der Waals surface area contributed by atoms with Gasteiger partial charge in [0.2, 0.25) is 0 Å². The van der Waals surface area contributed by atoms with Crippen LogP contribution in [-0.4, -0.2) is 22.2 Å². The second kappa shape index (κ2) is 4.45. The molecule has 3 N–H and O–H groups in total. The Morgan fingerprint density at radius 2 is 1.93 bits per heavy atom. The molecule has 0 aliphatic carbocycles. The lowest BCUT2D eigenvalue weighted by molar-refractivity contribution is 0.208. The van der Waals surface area contributed by atoms with Crippen LogP contribution in [0.3, 0.4) is 0 Å². The molecule has 0 saturated heterocycles. The number of pyridine rings is 1. The lowest BCUT2D eigenvalue weighted by atomic mass is 9.96. The molecule has 0 spiro atoms. The maximum Gasteiger partial charge on any atom is 0.131 e. The van der Waals surface area contributed by atoms with E-state index in [1.54, 1.807) is 19.1 Å². The average Bonchev–Trinajstić information content (AvgIpc) is 2.01. The monoisotopic (exact) mass is 234 g/mol. The first-order chi connectivity index (χ1) is 6.43. The molecular formula is C9H12Cl2N2O. The summed E-state index contributed by atoms with van der Waals surface area (Å²) in [5.74, 6) is 0. The minimum Gasteiger partial charge on any atom is -0.394 e. The molecule has 0 saturated carbocycles. The SMILES string of the molecule is CC(N)(CO)Cc1cc(Cl)nc(Cl)c1. The number of halogens is 2. The summed E-state index contributed by atoms with van der Waals surface area (Å²) in [6.45, 7) is 1.67. The number of aliphatic hydroxyl groups excluding tert-OH is 1. The molecule has 0 aromatic carbocycles. The van der Waals surface area contributed by atoms with Crippen LogP contribution < -0.4 is 5.73 Å². The predicted molar refractivity (Wildman–Crippen MR) is 57.6 cm³/mol. The normalized spacial score (nSPS) is 15.2. The topological polar surface area (TPSA) is 59.1 Å². The molecular weight excluding hydrogens is 223 g/mol. The second-order valence-electron chi connectivity index (χ2n) is 3.61. The highest BCUT2D eigenvalue weighted by Crippen LogP contribution is 2.18. The van der Waals surface area contributed by atoms with Crippen LogP contribution in [0.5, 0.6) is 0 Å². The van der Waals surface area contributed by atoms with Crippen molar-refractivity contribution in [1.29, 1.82) is 0 Å². The number of hydrogen-bond acceptors (Lipinski definition) is 3. The molecule has 0 bridgehead atoms. The summed E-state index contributed by atoms with van der Waals surface area (Å²) in [5.41, 5.74) is 6.00. The fraction of sp³-hybridized carbons (Fsp3) is 0.444. The lowest BCUT2D eigenvalue weighted by Crippen LogP contribution is -2.42. The summed E-state index contributed by atoms with van der Waals surface area (Å²) in [4.78, 5) is 3.82. The van der Waals surface area contributed by atoms with E-state index in [1.165, 1.54) is 0 Å². The summed E-state index contributed by atoms with van der Waals surface area (Å²) in [7, 11) is 0. The van der Waals surface area contributed by atoms with Crippen molar-refractivity contribution in [3.05, 3.63) is 28.0 Å². The molecule has 0 fully saturated rings. The van der Waals surface area contributed by atoms with Crippen molar-refractivity contribution in [1.82, 2.24) is 4.98 Å². The Hall–Kier alpha value is -0.350. The zero-order valence-electron chi connectivity index (χ0n) is 7.80. The van der Waals surface area contributed by atoms with Crippen molar-refractivity contribution in [3.8, 4) is 0 Å². The molecule has 0 aliphatic rings. The van der Waals surface area contributed by atoms with Crippen molar-refractivity contribution < 1.29 is 5.11 Å². The Morgan fingerprint density at radius 1 is 1.43 bits per heavy atom. The minimum absolute atomic E-state index is 0.0927. The van der Waals surface area contributed by atoms with Gasteiger partial charge in [0.25, 0.3) is 0 Å². The van der Waals surface area contributed by atoms with Gasteiger partial charge in [-0.15, -0.1) is 0 Å². The van der Waals surface area contributed by atoms with Gasteiger partial charge in [-0.1, -0.05) is 23.2 Å². The Bertz CT molecular complexity index is 308. The first kappa shape index (κ1) is 11.7. The molecule has 1 heterocycles. The summed E-state index contributed by atoms with van der Waals surface area (Å²) >= 11 is 11.4. The molecule has 0 amide bonds. The molecule has 1 aromatic heterocycles. The van der Waals surface area contributed by atoms with Gasteiger partial charge in [-0.3, -0.25) is 0 Å². The first-order valence-corrected chi connectivity index (χ1v) is 4.90. The van der Waals surface area contributed by atoms with Crippen LogP contribution in [-0.2, 0) is 6.42 Å². The van der Waals surface area contributed by atoms with Crippen molar-refractivity contribution in [2.24, 2.45) is 5.73 Å². The van der Waals surface area contributed by atoms with Crippen LogP contribution in [0.25, 0.3) is 0 Å². The minimum atomic E-state index is -0.659. The van der Waals surface area contributed by atoms with E-state index >= 15 is 0 Å². The maximum atomic E-state index is 8.99. The molecule has 3 nitrogen and oxygen atoms in total. The number of nitrogens with two attached hydrogens (primary N) is 1. The highest BCUT2D eigenvalue weighted by Gasteiger charge is 2.18. The molecule has 1 aromatic rings. The van der Waals surface area contributed by atoms with Crippen LogP contribution in [0, 0.1) is 0 Å². The van der Waals surface area contributed by atoms with E-state index in [2.05, 4.69) is 4.98 Å².